The average molecular weight is 389 g/mol. The molecule has 11 nitrogen and oxygen atoms in total. The standard InChI is InChI=1S/C16H31N5O6/c17-7-3-1-5-10(19)14(24)21-12(9-13(22)23)15(25)20-11(16(26)27)6-2-4-8-18/h10-12H,1-9,17-19H2,(H,20,25)(H,21,24)(H,22,23)(H,26,27). The maximum atomic E-state index is 12.3. The van der Waals surface area contributed by atoms with Crippen molar-refractivity contribution in [3.63, 3.8) is 0 Å². The maximum absolute atomic E-state index is 12.3. The van der Waals surface area contributed by atoms with Crippen LogP contribution < -0.4 is 27.8 Å². The van der Waals surface area contributed by atoms with E-state index in [4.69, 9.17) is 22.3 Å². The van der Waals surface area contributed by atoms with Gasteiger partial charge in [-0.15, -0.1) is 0 Å². The summed E-state index contributed by atoms with van der Waals surface area (Å²) in [6, 6.07) is -3.54. The number of carbonyl (C=O) groups excluding carboxylic acids is 2. The Morgan fingerprint density at radius 3 is 1.78 bits per heavy atom. The largest absolute Gasteiger partial charge is 0.481 e. The molecule has 2 amide bonds. The van der Waals surface area contributed by atoms with Crippen LogP contribution in [-0.2, 0) is 19.2 Å². The third-order valence-electron chi connectivity index (χ3n) is 3.88. The number of rotatable bonds is 15. The number of carbonyl (C=O) groups is 4. The summed E-state index contributed by atoms with van der Waals surface area (Å²) in [6.07, 6.45) is 2.16. The minimum Gasteiger partial charge on any atom is -0.481 e. The van der Waals surface area contributed by atoms with E-state index in [1.54, 1.807) is 0 Å². The molecule has 0 fully saturated rings. The number of aliphatic carboxylic acids is 2. The van der Waals surface area contributed by atoms with Crippen molar-refractivity contribution in [3.05, 3.63) is 0 Å². The Morgan fingerprint density at radius 1 is 0.778 bits per heavy atom. The average Bonchev–Trinajstić information content (AvgIpc) is 2.59. The highest BCUT2D eigenvalue weighted by molar-refractivity contribution is 5.93. The Bertz CT molecular complexity index is 502. The van der Waals surface area contributed by atoms with Crippen LogP contribution in [0.2, 0.25) is 0 Å². The van der Waals surface area contributed by atoms with E-state index in [9.17, 15) is 24.3 Å². The number of carboxylic acid groups (broad SMARTS) is 2. The fraction of sp³-hybridized carbons (Fsp3) is 0.750. The monoisotopic (exact) mass is 389 g/mol. The van der Waals surface area contributed by atoms with Crippen LogP contribution in [0, 0.1) is 0 Å². The van der Waals surface area contributed by atoms with Crippen molar-refractivity contribution in [1.29, 1.82) is 0 Å². The van der Waals surface area contributed by atoms with Crippen LogP contribution in [0.4, 0.5) is 0 Å². The third-order valence-corrected chi connectivity index (χ3v) is 3.88. The van der Waals surface area contributed by atoms with Crippen molar-refractivity contribution in [3.8, 4) is 0 Å². The van der Waals surface area contributed by atoms with Gasteiger partial charge in [0, 0.05) is 0 Å². The van der Waals surface area contributed by atoms with Crippen LogP contribution in [0.3, 0.4) is 0 Å². The Kier molecular flexibility index (Phi) is 12.7. The van der Waals surface area contributed by atoms with Crippen LogP contribution in [0.25, 0.3) is 0 Å². The van der Waals surface area contributed by atoms with Crippen LogP contribution in [0.1, 0.15) is 44.9 Å². The van der Waals surface area contributed by atoms with Gasteiger partial charge in [-0.25, -0.2) is 4.79 Å². The molecule has 0 aromatic rings. The van der Waals surface area contributed by atoms with Crippen molar-refractivity contribution >= 4 is 23.8 Å². The van der Waals surface area contributed by atoms with E-state index < -0.39 is 48.3 Å². The third kappa shape index (κ3) is 11.2. The van der Waals surface area contributed by atoms with E-state index in [-0.39, 0.29) is 6.42 Å². The molecule has 0 bridgehead atoms. The first-order chi connectivity index (χ1) is 12.7. The summed E-state index contributed by atoms with van der Waals surface area (Å²) < 4.78 is 0. The molecule has 0 saturated heterocycles. The summed E-state index contributed by atoms with van der Waals surface area (Å²) in [4.78, 5) is 46.7. The molecule has 0 radical (unpaired) electrons. The van der Waals surface area contributed by atoms with E-state index >= 15 is 0 Å². The zero-order valence-corrected chi connectivity index (χ0v) is 15.4. The van der Waals surface area contributed by atoms with Crippen molar-refractivity contribution in [2.75, 3.05) is 13.1 Å². The van der Waals surface area contributed by atoms with Crippen molar-refractivity contribution in [1.82, 2.24) is 10.6 Å². The molecule has 0 saturated carbocycles. The second-order valence-electron chi connectivity index (χ2n) is 6.23. The predicted octanol–water partition coefficient (Wildman–Crippen LogP) is -1.90. The lowest BCUT2D eigenvalue weighted by Gasteiger charge is -2.22. The minimum atomic E-state index is -1.42. The molecule has 3 atom stereocenters. The zero-order valence-electron chi connectivity index (χ0n) is 15.4. The second kappa shape index (κ2) is 13.9. The van der Waals surface area contributed by atoms with Gasteiger partial charge < -0.3 is 38.0 Å². The van der Waals surface area contributed by atoms with Gasteiger partial charge in [-0.1, -0.05) is 6.42 Å². The van der Waals surface area contributed by atoms with Gasteiger partial charge in [0.15, 0.2) is 0 Å². The lowest BCUT2D eigenvalue weighted by atomic mass is 10.1. The van der Waals surface area contributed by atoms with Gasteiger partial charge in [-0.2, -0.15) is 0 Å². The molecule has 0 rings (SSSR count). The van der Waals surface area contributed by atoms with E-state index in [1.807, 2.05) is 0 Å². The molecule has 0 heterocycles. The molecular formula is C16H31N5O6. The topological polar surface area (TPSA) is 211 Å². The van der Waals surface area contributed by atoms with Gasteiger partial charge in [0.2, 0.25) is 11.8 Å². The summed E-state index contributed by atoms with van der Waals surface area (Å²) >= 11 is 0. The van der Waals surface area contributed by atoms with Gasteiger partial charge in [0.05, 0.1) is 12.5 Å². The van der Waals surface area contributed by atoms with Crippen molar-refractivity contribution in [2.24, 2.45) is 17.2 Å². The number of hydrogen-bond donors (Lipinski definition) is 7. The summed E-state index contributed by atoms with van der Waals surface area (Å²) in [5.41, 5.74) is 16.5. The fourth-order valence-electron chi connectivity index (χ4n) is 2.32. The fourth-order valence-corrected chi connectivity index (χ4v) is 2.32. The van der Waals surface area contributed by atoms with Crippen molar-refractivity contribution < 1.29 is 29.4 Å². The van der Waals surface area contributed by atoms with Crippen LogP contribution >= 0.6 is 0 Å². The maximum Gasteiger partial charge on any atom is 0.326 e. The molecule has 0 aliphatic rings. The van der Waals surface area contributed by atoms with Gasteiger partial charge in [0.1, 0.15) is 12.1 Å². The van der Waals surface area contributed by atoms with E-state index in [0.717, 1.165) is 0 Å². The zero-order chi connectivity index (χ0) is 20.8. The first-order valence-electron chi connectivity index (χ1n) is 8.94. The number of nitrogens with two attached hydrogens (primary N) is 3. The lowest BCUT2D eigenvalue weighted by Crippen LogP contribution is -2.55. The van der Waals surface area contributed by atoms with Gasteiger partial charge >= 0.3 is 11.9 Å². The number of amides is 2. The molecule has 27 heavy (non-hydrogen) atoms. The summed E-state index contributed by atoms with van der Waals surface area (Å²) in [5.74, 6) is -4.13. The van der Waals surface area contributed by atoms with Crippen LogP contribution in [0.5, 0.6) is 0 Å². The van der Waals surface area contributed by atoms with Gasteiger partial charge in [-0.3, -0.25) is 14.4 Å². The molecule has 10 N–H and O–H groups in total. The van der Waals surface area contributed by atoms with E-state index in [2.05, 4.69) is 10.6 Å². The smallest absolute Gasteiger partial charge is 0.326 e. The van der Waals surface area contributed by atoms with E-state index in [0.29, 0.717) is 45.2 Å². The molecule has 0 aromatic heterocycles. The summed E-state index contributed by atoms with van der Waals surface area (Å²) in [7, 11) is 0. The Labute approximate surface area is 158 Å². The number of carboxylic acids is 2. The Hall–Kier alpha value is -2.24. The normalized spacial score (nSPS) is 14.0. The van der Waals surface area contributed by atoms with Crippen molar-refractivity contribution in [2.45, 2.75) is 63.1 Å². The molecule has 3 unspecified atom stereocenters. The molecule has 156 valence electrons. The lowest BCUT2D eigenvalue weighted by molar-refractivity contribution is -0.143. The first kappa shape index (κ1) is 24.8. The highest BCUT2D eigenvalue weighted by Crippen LogP contribution is 2.04. The number of unbranched alkanes of at least 4 members (excludes halogenated alkanes) is 2. The highest BCUT2D eigenvalue weighted by atomic mass is 16.4. The SMILES string of the molecule is NCCCCC(N)C(=O)NC(CC(=O)O)C(=O)NC(CCCCN)C(=O)O. The predicted molar refractivity (Wildman–Crippen MR) is 97.5 cm³/mol. The molecule has 0 aliphatic carbocycles. The Morgan fingerprint density at radius 2 is 1.30 bits per heavy atom. The molecule has 11 heteroatoms. The minimum absolute atomic E-state index is 0.143. The molecule has 0 aliphatic heterocycles. The summed E-state index contributed by atoms with van der Waals surface area (Å²) in [6.45, 7) is 0.846. The van der Waals surface area contributed by atoms with Crippen LogP contribution in [-0.4, -0.2) is 65.2 Å². The highest BCUT2D eigenvalue weighted by Gasteiger charge is 2.29. The first-order valence-corrected chi connectivity index (χ1v) is 8.94. The Balaban J connectivity index is 4.88. The van der Waals surface area contributed by atoms with E-state index in [1.165, 1.54) is 0 Å². The number of nitrogens with one attached hydrogen (secondary N) is 2. The van der Waals surface area contributed by atoms with Crippen LogP contribution in [0.15, 0.2) is 0 Å². The second-order valence-corrected chi connectivity index (χ2v) is 6.23. The summed E-state index contributed by atoms with van der Waals surface area (Å²) in [5, 5.41) is 22.7. The molecular weight excluding hydrogens is 358 g/mol. The quantitative estimate of drug-likeness (QED) is 0.156. The van der Waals surface area contributed by atoms with Gasteiger partial charge in [-0.05, 0) is 45.2 Å². The van der Waals surface area contributed by atoms with Gasteiger partial charge in [0.25, 0.3) is 0 Å². The molecule has 0 spiro atoms. The molecule has 0 aromatic carbocycles. The number of hydrogen-bond acceptors (Lipinski definition) is 7.